The molecule has 0 aromatic heterocycles. The standard InChI is InChI=1S/C18H27ClN2/c19-16-7-5-14(6-8-16)13-15-9-11-21(12-10-15)18-4-2-1-3-17(18)20/h5-8,15,17-18H,1-4,9-13,20H2/t17-,18+/m1/s1/i/hD. The second kappa shape index (κ2) is 7.13. The number of nitrogens with zero attached hydrogens (tertiary/aromatic N) is 1. The highest BCUT2D eigenvalue weighted by Crippen LogP contribution is 2.28. The highest BCUT2D eigenvalue weighted by Gasteiger charge is 2.30. The lowest BCUT2D eigenvalue weighted by atomic mass is 9.85. The van der Waals surface area contributed by atoms with Crippen LogP contribution in [-0.4, -0.2) is 30.1 Å². The number of piperidine rings is 1. The molecule has 0 bridgehead atoms. The van der Waals surface area contributed by atoms with Gasteiger partial charge in [-0.15, -0.1) is 0 Å². The minimum Gasteiger partial charge on any atom is -0.326 e. The Balaban J connectivity index is 1.50. The van der Waals surface area contributed by atoms with E-state index in [4.69, 9.17) is 13.0 Å². The molecule has 2 aliphatic rings. The number of nitrogens with two attached hydrogens (primary N) is 1. The smallest absolute Gasteiger partial charge is 0.119 e. The lowest BCUT2D eigenvalue weighted by Crippen LogP contribution is -2.52. The molecule has 0 radical (unpaired) electrons. The number of likely N-dealkylation sites (tertiary alicyclic amines) is 1. The van der Waals surface area contributed by atoms with Crippen molar-refractivity contribution in [2.45, 2.75) is 57.0 Å². The van der Waals surface area contributed by atoms with Crippen molar-refractivity contribution < 1.29 is 1.41 Å². The second-order valence-electron chi connectivity index (χ2n) is 6.77. The Kier molecular flexibility index (Phi) is 4.77. The van der Waals surface area contributed by atoms with E-state index in [2.05, 4.69) is 22.8 Å². The molecule has 0 unspecified atom stereocenters. The molecule has 1 saturated carbocycles. The van der Waals surface area contributed by atoms with Crippen molar-refractivity contribution in [2.24, 2.45) is 11.6 Å². The first-order valence-corrected chi connectivity index (χ1v) is 8.80. The van der Waals surface area contributed by atoms with Gasteiger partial charge in [-0.2, -0.15) is 0 Å². The van der Waals surface area contributed by atoms with Crippen molar-refractivity contribution in [1.29, 1.82) is 0 Å². The largest absolute Gasteiger partial charge is 0.326 e. The lowest BCUT2D eigenvalue weighted by molar-refractivity contribution is 0.0937. The molecule has 3 rings (SSSR count). The molecular weight excluding hydrogens is 280 g/mol. The first-order valence-electron chi connectivity index (χ1n) is 8.92. The van der Waals surface area contributed by atoms with Crippen LogP contribution >= 0.6 is 11.6 Å². The summed E-state index contributed by atoms with van der Waals surface area (Å²) in [6.07, 6.45) is 8.77. The third-order valence-corrected chi connectivity index (χ3v) is 5.54. The zero-order valence-corrected chi connectivity index (χ0v) is 13.5. The number of halogens is 1. The average molecular weight is 308 g/mol. The number of hydrogen-bond acceptors (Lipinski definition) is 2. The van der Waals surface area contributed by atoms with Crippen LogP contribution in [-0.2, 0) is 6.42 Å². The monoisotopic (exact) mass is 307 g/mol. The quantitative estimate of drug-likeness (QED) is 0.915. The van der Waals surface area contributed by atoms with Crippen LogP contribution < -0.4 is 5.73 Å². The summed E-state index contributed by atoms with van der Waals surface area (Å²) in [6.45, 7) is 2.39. The molecule has 116 valence electrons. The third-order valence-electron chi connectivity index (χ3n) is 5.29. The molecule has 1 aromatic rings. The number of rotatable bonds is 4. The molecule has 21 heavy (non-hydrogen) atoms. The maximum atomic E-state index is 7.56. The second-order valence-corrected chi connectivity index (χ2v) is 7.20. The van der Waals surface area contributed by atoms with Crippen LogP contribution in [0, 0.1) is 5.92 Å². The fourth-order valence-corrected chi connectivity index (χ4v) is 4.12. The Bertz CT molecular complexity index is 457. The Hall–Kier alpha value is -0.570. The SMILES string of the molecule is [2H]N[C@@H]1CCCC[C@@H]1N1CCC(Cc2ccc(Cl)cc2)CC1. The molecule has 1 aromatic carbocycles. The fourth-order valence-electron chi connectivity index (χ4n) is 3.99. The Morgan fingerprint density at radius 3 is 2.52 bits per heavy atom. The van der Waals surface area contributed by atoms with Gasteiger partial charge in [0.25, 0.3) is 0 Å². The first kappa shape index (κ1) is 14.0. The highest BCUT2D eigenvalue weighted by atomic mass is 35.5. The van der Waals surface area contributed by atoms with Crippen molar-refractivity contribution in [1.82, 2.24) is 4.90 Å². The summed E-state index contributed by atoms with van der Waals surface area (Å²) in [4.78, 5) is 2.64. The molecule has 0 amide bonds. The van der Waals surface area contributed by atoms with Gasteiger partial charge in [0.1, 0.15) is 1.41 Å². The van der Waals surface area contributed by atoms with Crippen molar-refractivity contribution in [3.05, 3.63) is 34.9 Å². The van der Waals surface area contributed by atoms with Gasteiger partial charge >= 0.3 is 0 Å². The summed E-state index contributed by atoms with van der Waals surface area (Å²) < 4.78 is 7.56. The van der Waals surface area contributed by atoms with Crippen LogP contribution in [0.1, 0.15) is 44.1 Å². The molecule has 3 heteroatoms. The van der Waals surface area contributed by atoms with Crippen molar-refractivity contribution in [2.75, 3.05) is 13.1 Å². The van der Waals surface area contributed by atoms with Crippen LogP contribution in [0.25, 0.3) is 0 Å². The summed E-state index contributed by atoms with van der Waals surface area (Å²) in [7, 11) is 0. The molecule has 2 N–H and O–H groups in total. The molecule has 0 spiro atoms. The summed E-state index contributed by atoms with van der Waals surface area (Å²) in [5.74, 6) is 0.795. The summed E-state index contributed by atoms with van der Waals surface area (Å²) in [5.41, 5.74) is 4.21. The Morgan fingerprint density at radius 1 is 1.10 bits per heavy atom. The number of benzene rings is 1. The van der Waals surface area contributed by atoms with E-state index in [9.17, 15) is 0 Å². The summed E-state index contributed by atoms with van der Waals surface area (Å²) in [5, 5.41) is 0.824. The van der Waals surface area contributed by atoms with Gasteiger partial charge in [0.15, 0.2) is 0 Å². The maximum absolute atomic E-state index is 7.56. The van der Waals surface area contributed by atoms with Gasteiger partial charge in [-0.25, -0.2) is 0 Å². The molecular formula is C18H27ClN2. The van der Waals surface area contributed by atoms with Gasteiger partial charge in [0.05, 0.1) is 0 Å². The van der Waals surface area contributed by atoms with Crippen LogP contribution in [0.15, 0.2) is 24.3 Å². The predicted molar refractivity (Wildman–Crippen MR) is 89.7 cm³/mol. The van der Waals surface area contributed by atoms with E-state index < -0.39 is 0 Å². The predicted octanol–water partition coefficient (Wildman–Crippen LogP) is 3.86. The summed E-state index contributed by atoms with van der Waals surface area (Å²) in [6, 6.07) is 9.28. The van der Waals surface area contributed by atoms with E-state index in [0.717, 1.165) is 10.9 Å². The zero-order chi connectivity index (χ0) is 15.4. The maximum Gasteiger partial charge on any atom is 0.119 e. The van der Waals surface area contributed by atoms with Gasteiger partial charge < -0.3 is 5.73 Å². The first-order chi connectivity index (χ1) is 10.8. The van der Waals surface area contributed by atoms with Gasteiger partial charge in [-0.3, -0.25) is 4.90 Å². The van der Waals surface area contributed by atoms with E-state index in [1.807, 2.05) is 12.1 Å². The number of hydrogen-bond donors (Lipinski definition) is 1. The van der Waals surface area contributed by atoms with Crippen LogP contribution in [0.5, 0.6) is 0 Å². The van der Waals surface area contributed by atoms with Gasteiger partial charge in [0, 0.05) is 17.1 Å². The lowest BCUT2D eigenvalue weighted by Gasteiger charge is -2.42. The topological polar surface area (TPSA) is 29.3 Å². The highest BCUT2D eigenvalue weighted by molar-refractivity contribution is 6.30. The van der Waals surface area contributed by atoms with Crippen LogP contribution in [0.4, 0.5) is 0 Å². The Labute approximate surface area is 135 Å². The van der Waals surface area contributed by atoms with Gasteiger partial charge in [-0.05, 0) is 68.8 Å². The van der Waals surface area contributed by atoms with E-state index in [1.54, 1.807) is 0 Å². The average Bonchev–Trinajstić information content (AvgIpc) is 2.58. The third kappa shape index (κ3) is 4.00. The molecule has 1 heterocycles. The van der Waals surface area contributed by atoms with E-state index in [0.29, 0.717) is 12.1 Å². The van der Waals surface area contributed by atoms with E-state index in [-0.39, 0.29) is 0 Å². The Morgan fingerprint density at radius 2 is 1.81 bits per heavy atom. The zero-order valence-electron chi connectivity index (χ0n) is 13.7. The van der Waals surface area contributed by atoms with Crippen LogP contribution in [0.3, 0.4) is 0 Å². The summed E-state index contributed by atoms with van der Waals surface area (Å²) >= 11 is 5.96. The van der Waals surface area contributed by atoms with Crippen molar-refractivity contribution in [3.8, 4) is 0 Å². The molecule has 1 aliphatic heterocycles. The molecule has 2 atom stereocenters. The van der Waals surface area contributed by atoms with E-state index >= 15 is 0 Å². The van der Waals surface area contributed by atoms with E-state index in [1.165, 1.54) is 63.6 Å². The van der Waals surface area contributed by atoms with Crippen LogP contribution in [0.2, 0.25) is 6.43 Å². The minimum absolute atomic E-state index is 0.376. The molecule has 2 fully saturated rings. The molecule has 2 nitrogen and oxygen atoms in total. The molecule has 1 saturated heterocycles. The van der Waals surface area contributed by atoms with Crippen molar-refractivity contribution >= 4 is 11.6 Å². The fraction of sp³-hybridized carbons (Fsp3) is 0.667. The van der Waals surface area contributed by atoms with Gasteiger partial charge in [0.2, 0.25) is 0 Å². The minimum atomic E-state index is 0.376. The normalized spacial score (nSPS) is 29.3. The van der Waals surface area contributed by atoms with Crippen molar-refractivity contribution in [3.63, 3.8) is 0 Å². The molecule has 1 aliphatic carbocycles. The van der Waals surface area contributed by atoms with Gasteiger partial charge in [-0.1, -0.05) is 36.6 Å².